The zero-order valence-corrected chi connectivity index (χ0v) is 14.1. The van der Waals surface area contributed by atoms with Gasteiger partial charge >= 0.3 is 6.03 Å². The van der Waals surface area contributed by atoms with Crippen molar-refractivity contribution in [3.05, 3.63) is 48.4 Å². The molecule has 1 aromatic carbocycles. The third kappa shape index (κ3) is 2.26. The van der Waals surface area contributed by atoms with Crippen molar-refractivity contribution in [2.24, 2.45) is 0 Å². The van der Waals surface area contributed by atoms with E-state index in [0.29, 0.717) is 26.2 Å². The van der Waals surface area contributed by atoms with Gasteiger partial charge in [-0.2, -0.15) is 5.10 Å². The van der Waals surface area contributed by atoms with Crippen molar-refractivity contribution < 1.29 is 9.59 Å². The van der Waals surface area contributed by atoms with Crippen LogP contribution in [0.15, 0.2) is 42.9 Å². The van der Waals surface area contributed by atoms with Crippen molar-refractivity contribution in [1.82, 2.24) is 25.0 Å². The molecule has 2 aliphatic heterocycles. The Morgan fingerprint density at radius 3 is 2.92 bits per heavy atom. The van der Waals surface area contributed by atoms with Gasteiger partial charge in [-0.15, -0.1) is 0 Å². The first-order valence-electron chi connectivity index (χ1n) is 8.65. The molecule has 2 N–H and O–H groups in total. The quantitative estimate of drug-likeness (QED) is 0.752. The van der Waals surface area contributed by atoms with Crippen LogP contribution in [0.1, 0.15) is 16.4 Å². The van der Waals surface area contributed by atoms with E-state index < -0.39 is 0 Å². The summed E-state index contributed by atoms with van der Waals surface area (Å²) in [6.07, 6.45) is 5.43. The minimum atomic E-state index is -0.0884. The van der Waals surface area contributed by atoms with Crippen LogP contribution in [-0.2, 0) is 0 Å². The molecule has 0 saturated carbocycles. The maximum absolute atomic E-state index is 12.8. The summed E-state index contributed by atoms with van der Waals surface area (Å²) in [5.41, 5.74) is 2.48. The lowest BCUT2D eigenvalue weighted by molar-refractivity contribution is 0.0503. The summed E-state index contributed by atoms with van der Waals surface area (Å²) in [6.45, 7) is 2.54. The highest BCUT2D eigenvalue weighted by molar-refractivity contribution is 6.06. The number of rotatable bonds is 3. The van der Waals surface area contributed by atoms with Gasteiger partial charge in [0.2, 0.25) is 0 Å². The monoisotopic (exact) mass is 350 g/mol. The molecule has 4 heterocycles. The van der Waals surface area contributed by atoms with E-state index in [4.69, 9.17) is 0 Å². The number of carbonyl (C=O) groups is 2. The minimum Gasteiger partial charge on any atom is -0.361 e. The standard InChI is InChI=1S/C18H18N6O2/c25-17(15-2-1-3-16-14(15)4-5-19-16)22-9-13(10-22)24-11-12(8-21-24)23-7-6-20-18(23)26/h1-5,8,11,13,19H,6-7,9-10H2,(H,20,26). The Labute approximate surface area is 149 Å². The van der Waals surface area contributed by atoms with Gasteiger partial charge in [0.15, 0.2) is 0 Å². The Bertz CT molecular complexity index is 1000. The van der Waals surface area contributed by atoms with Crippen LogP contribution in [0.25, 0.3) is 10.9 Å². The van der Waals surface area contributed by atoms with Gasteiger partial charge in [0.05, 0.1) is 17.9 Å². The number of H-pyrrole nitrogens is 1. The number of nitrogens with one attached hydrogen (secondary N) is 2. The van der Waals surface area contributed by atoms with Crippen LogP contribution in [0.5, 0.6) is 0 Å². The lowest BCUT2D eigenvalue weighted by Gasteiger charge is -2.39. The van der Waals surface area contributed by atoms with Crippen molar-refractivity contribution in [3.63, 3.8) is 0 Å². The van der Waals surface area contributed by atoms with Crippen LogP contribution in [0.2, 0.25) is 0 Å². The van der Waals surface area contributed by atoms with E-state index in [2.05, 4.69) is 15.4 Å². The molecule has 0 atom stereocenters. The zero-order valence-electron chi connectivity index (χ0n) is 14.1. The molecule has 3 aromatic rings. The second kappa shape index (κ2) is 5.62. The lowest BCUT2D eigenvalue weighted by Crippen LogP contribution is -2.50. The highest BCUT2D eigenvalue weighted by atomic mass is 16.2. The average molecular weight is 350 g/mol. The summed E-state index contributed by atoms with van der Waals surface area (Å²) in [5, 5.41) is 8.11. The number of aromatic amines is 1. The fourth-order valence-electron chi connectivity index (χ4n) is 3.62. The van der Waals surface area contributed by atoms with Crippen molar-refractivity contribution in [2.45, 2.75) is 6.04 Å². The first kappa shape index (κ1) is 15.0. The summed E-state index contributed by atoms with van der Waals surface area (Å²) in [4.78, 5) is 31.2. The Hall–Kier alpha value is -3.29. The van der Waals surface area contributed by atoms with E-state index in [9.17, 15) is 9.59 Å². The van der Waals surface area contributed by atoms with Gasteiger partial charge in [-0.05, 0) is 18.2 Å². The second-order valence-corrected chi connectivity index (χ2v) is 6.67. The molecule has 132 valence electrons. The van der Waals surface area contributed by atoms with Gasteiger partial charge in [-0.3, -0.25) is 14.4 Å². The highest BCUT2D eigenvalue weighted by Crippen LogP contribution is 2.27. The van der Waals surface area contributed by atoms with E-state index in [1.165, 1.54) is 0 Å². The SMILES string of the molecule is O=C(c1cccc2[nH]ccc12)N1CC(n2cc(N3CCNC3=O)cn2)C1. The molecule has 0 spiro atoms. The Morgan fingerprint density at radius 2 is 2.12 bits per heavy atom. The molecule has 2 saturated heterocycles. The van der Waals surface area contributed by atoms with Crippen LogP contribution in [0.3, 0.4) is 0 Å². The van der Waals surface area contributed by atoms with Crippen LogP contribution in [0.4, 0.5) is 10.5 Å². The molecule has 2 aromatic heterocycles. The molecule has 8 nitrogen and oxygen atoms in total. The predicted octanol–water partition coefficient (Wildman–Crippen LogP) is 1.59. The van der Waals surface area contributed by atoms with Crippen molar-refractivity contribution in [3.8, 4) is 0 Å². The Balaban J connectivity index is 1.29. The van der Waals surface area contributed by atoms with Gasteiger partial charge < -0.3 is 15.2 Å². The highest BCUT2D eigenvalue weighted by Gasteiger charge is 2.34. The van der Waals surface area contributed by atoms with Crippen molar-refractivity contribution in [1.29, 1.82) is 0 Å². The number of amides is 3. The van der Waals surface area contributed by atoms with E-state index in [1.807, 2.05) is 46.2 Å². The number of urea groups is 1. The smallest absolute Gasteiger partial charge is 0.322 e. The van der Waals surface area contributed by atoms with Gasteiger partial charge in [0, 0.05) is 55.0 Å². The van der Waals surface area contributed by atoms with E-state index >= 15 is 0 Å². The number of benzene rings is 1. The van der Waals surface area contributed by atoms with Crippen LogP contribution in [0, 0.1) is 0 Å². The number of hydrogen-bond donors (Lipinski definition) is 2. The van der Waals surface area contributed by atoms with Crippen molar-refractivity contribution >= 4 is 28.5 Å². The number of fused-ring (bicyclic) bond motifs is 1. The number of nitrogens with zero attached hydrogens (tertiary/aromatic N) is 4. The third-order valence-electron chi connectivity index (χ3n) is 5.11. The molecular weight excluding hydrogens is 332 g/mol. The van der Waals surface area contributed by atoms with Gasteiger partial charge in [-0.1, -0.05) is 6.07 Å². The molecule has 5 rings (SSSR count). The van der Waals surface area contributed by atoms with Gasteiger partial charge in [0.1, 0.15) is 0 Å². The largest absolute Gasteiger partial charge is 0.361 e. The van der Waals surface area contributed by atoms with Crippen molar-refractivity contribution in [2.75, 3.05) is 31.1 Å². The van der Waals surface area contributed by atoms with E-state index in [-0.39, 0.29) is 18.0 Å². The van der Waals surface area contributed by atoms with Gasteiger partial charge in [0.25, 0.3) is 5.91 Å². The number of hydrogen-bond acceptors (Lipinski definition) is 3. The van der Waals surface area contributed by atoms with Crippen LogP contribution >= 0.6 is 0 Å². The van der Waals surface area contributed by atoms with Crippen LogP contribution < -0.4 is 10.2 Å². The van der Waals surface area contributed by atoms with Crippen LogP contribution in [-0.4, -0.2) is 57.8 Å². The molecule has 0 aliphatic carbocycles. The summed E-state index contributed by atoms with van der Waals surface area (Å²) >= 11 is 0. The molecule has 26 heavy (non-hydrogen) atoms. The number of aromatic nitrogens is 3. The lowest BCUT2D eigenvalue weighted by atomic mass is 10.0. The minimum absolute atomic E-state index is 0.0396. The average Bonchev–Trinajstić information content (AvgIpc) is 3.32. The summed E-state index contributed by atoms with van der Waals surface area (Å²) in [7, 11) is 0. The number of likely N-dealkylation sites (tertiary alicyclic amines) is 1. The molecule has 0 unspecified atom stereocenters. The van der Waals surface area contributed by atoms with Gasteiger partial charge in [-0.25, -0.2) is 4.79 Å². The summed E-state index contributed by atoms with van der Waals surface area (Å²) < 4.78 is 1.85. The second-order valence-electron chi connectivity index (χ2n) is 6.67. The Morgan fingerprint density at radius 1 is 1.23 bits per heavy atom. The molecule has 3 amide bonds. The molecule has 2 aliphatic rings. The Kier molecular flexibility index (Phi) is 3.24. The third-order valence-corrected chi connectivity index (χ3v) is 5.11. The van der Waals surface area contributed by atoms with E-state index in [1.54, 1.807) is 11.1 Å². The summed E-state index contributed by atoms with van der Waals surface area (Å²) in [6, 6.07) is 7.71. The zero-order chi connectivity index (χ0) is 17.7. The first-order chi connectivity index (χ1) is 12.7. The van der Waals surface area contributed by atoms with E-state index in [0.717, 1.165) is 22.2 Å². The fraction of sp³-hybridized carbons (Fsp3) is 0.278. The topological polar surface area (TPSA) is 86.3 Å². The molecule has 0 bridgehead atoms. The fourth-order valence-corrected chi connectivity index (χ4v) is 3.62. The number of anilines is 1. The maximum atomic E-state index is 12.8. The summed E-state index contributed by atoms with van der Waals surface area (Å²) in [5.74, 6) is 0.0396. The number of carbonyl (C=O) groups excluding carboxylic acids is 2. The molecule has 0 radical (unpaired) electrons. The molecule has 2 fully saturated rings. The first-order valence-corrected chi connectivity index (χ1v) is 8.65. The normalized spacial score (nSPS) is 17.6. The maximum Gasteiger partial charge on any atom is 0.322 e. The molecule has 8 heteroatoms. The predicted molar refractivity (Wildman–Crippen MR) is 96.2 cm³/mol. The molecular formula is C18H18N6O2.